The highest BCUT2D eigenvalue weighted by atomic mass is 16.4. The van der Waals surface area contributed by atoms with Crippen LogP contribution in [0.2, 0.25) is 0 Å². The van der Waals surface area contributed by atoms with E-state index in [1.807, 2.05) is 0 Å². The summed E-state index contributed by atoms with van der Waals surface area (Å²) in [6, 6.07) is 0. The predicted molar refractivity (Wildman–Crippen MR) is 41.9 cm³/mol. The maximum atomic E-state index is 9.49. The van der Waals surface area contributed by atoms with Gasteiger partial charge >= 0.3 is 0 Å². The number of guanidine groups is 1. The molecule has 0 saturated heterocycles. The maximum absolute atomic E-state index is 9.49. The quantitative estimate of drug-likeness (QED) is 0.211. The zero-order chi connectivity index (χ0) is 8.73. The van der Waals surface area contributed by atoms with Gasteiger partial charge in [-0.15, -0.1) is 0 Å². The van der Waals surface area contributed by atoms with Crippen molar-refractivity contribution in [1.29, 1.82) is 5.41 Å². The van der Waals surface area contributed by atoms with E-state index in [0.29, 0.717) is 0 Å². The van der Waals surface area contributed by atoms with Crippen molar-refractivity contribution < 1.29 is 9.90 Å². The minimum atomic E-state index is -1.19. The van der Waals surface area contributed by atoms with Crippen LogP contribution in [0, 0.1) is 5.41 Å². The molecule has 11 heavy (non-hydrogen) atoms. The summed E-state index contributed by atoms with van der Waals surface area (Å²) < 4.78 is 0. The number of carbonyl (C=O) groups excluding carboxylic acids is 1. The van der Waals surface area contributed by atoms with Gasteiger partial charge in [-0.2, -0.15) is 0 Å². The van der Waals surface area contributed by atoms with E-state index in [1.54, 1.807) is 0 Å². The number of rotatable bonds is 1. The van der Waals surface area contributed by atoms with Gasteiger partial charge in [0.2, 0.25) is 0 Å². The molecule has 0 unspecified atom stereocenters. The number of quaternary nitrogens is 1. The van der Waals surface area contributed by atoms with Crippen molar-refractivity contribution >= 4 is 11.9 Å². The minimum Gasteiger partial charge on any atom is -0.545 e. The molecule has 0 heterocycles. The van der Waals surface area contributed by atoms with E-state index in [-0.39, 0.29) is 17.7 Å². The van der Waals surface area contributed by atoms with E-state index < -0.39 is 5.97 Å². The summed E-state index contributed by atoms with van der Waals surface area (Å²) in [5, 5.41) is 15.5. The lowest BCUT2D eigenvalue weighted by molar-refractivity contribution is -0.299. The predicted octanol–water partition coefficient (Wildman–Crippen LogP) is -1.47. The first kappa shape index (κ1) is 16.2. The lowest BCUT2D eigenvalue weighted by Crippen LogP contribution is -2.22. The average Bonchev–Trinajstić information content (AvgIpc) is 1.63. The van der Waals surface area contributed by atoms with Gasteiger partial charge in [-0.1, -0.05) is 6.58 Å². The number of nitrogens with two attached hydrogens (primary N) is 2. The molecular formula is C5H14N4O2. The Hall–Kier alpha value is -1.56. The van der Waals surface area contributed by atoms with Crippen LogP contribution in [0.15, 0.2) is 12.2 Å². The molecule has 0 aliphatic carbocycles. The Morgan fingerprint density at radius 1 is 1.55 bits per heavy atom. The normalized spacial score (nSPS) is 6.27. The molecule has 0 aliphatic rings. The summed E-state index contributed by atoms with van der Waals surface area (Å²) in [6.45, 7) is 4.48. The molecule has 9 N–H and O–H groups in total. The molecule has 0 aliphatic heterocycles. The summed E-state index contributed by atoms with van der Waals surface area (Å²) in [5.74, 6) is -1.52. The van der Waals surface area contributed by atoms with Crippen LogP contribution in [-0.2, 0) is 4.79 Å². The first-order chi connectivity index (χ1) is 4.37. The zero-order valence-electron chi connectivity index (χ0n) is 6.68. The summed E-state index contributed by atoms with van der Waals surface area (Å²) in [7, 11) is 0. The van der Waals surface area contributed by atoms with Gasteiger partial charge in [-0.25, -0.2) is 0 Å². The molecule has 0 rings (SSSR count). The third kappa shape index (κ3) is 58.8. The van der Waals surface area contributed by atoms with Gasteiger partial charge in [0.1, 0.15) is 0 Å². The second-order valence-corrected chi connectivity index (χ2v) is 1.52. The fraction of sp³-hybridized carbons (Fsp3) is 0.200. The molecule has 0 spiro atoms. The van der Waals surface area contributed by atoms with Crippen molar-refractivity contribution in [3.8, 4) is 0 Å². The van der Waals surface area contributed by atoms with Gasteiger partial charge in [0.25, 0.3) is 0 Å². The number of hydrogen-bond donors (Lipinski definition) is 4. The van der Waals surface area contributed by atoms with Crippen LogP contribution in [0.1, 0.15) is 6.92 Å². The van der Waals surface area contributed by atoms with Crippen LogP contribution in [0.25, 0.3) is 0 Å². The molecule has 0 radical (unpaired) electrons. The van der Waals surface area contributed by atoms with E-state index in [2.05, 4.69) is 18.0 Å². The minimum absolute atomic E-state index is 0. The lowest BCUT2D eigenvalue weighted by atomic mass is 10.4. The van der Waals surface area contributed by atoms with Crippen molar-refractivity contribution in [2.45, 2.75) is 6.92 Å². The second-order valence-electron chi connectivity index (χ2n) is 1.52. The molecule has 0 aromatic rings. The monoisotopic (exact) mass is 162 g/mol. The molecule has 0 bridgehead atoms. The van der Waals surface area contributed by atoms with E-state index in [0.717, 1.165) is 0 Å². The zero-order valence-corrected chi connectivity index (χ0v) is 6.68. The van der Waals surface area contributed by atoms with Crippen LogP contribution < -0.4 is 22.7 Å². The highest BCUT2D eigenvalue weighted by Crippen LogP contribution is 1.77. The Bertz CT molecular complexity index is 139. The molecule has 0 aromatic heterocycles. The summed E-state index contributed by atoms with van der Waals surface area (Å²) in [5.41, 5.74) is 9.01. The lowest BCUT2D eigenvalue weighted by Gasteiger charge is -1.93. The summed E-state index contributed by atoms with van der Waals surface area (Å²) in [4.78, 5) is 9.49. The number of carboxylic acid groups (broad SMARTS) is 1. The number of nitrogens with one attached hydrogen (secondary N) is 1. The molecule has 6 heteroatoms. The van der Waals surface area contributed by atoms with E-state index in [1.165, 1.54) is 6.92 Å². The number of hydrogen-bond acceptors (Lipinski definition) is 3. The van der Waals surface area contributed by atoms with Crippen molar-refractivity contribution in [3.63, 3.8) is 0 Å². The van der Waals surface area contributed by atoms with Crippen LogP contribution in [0.3, 0.4) is 0 Å². The first-order valence-corrected chi connectivity index (χ1v) is 2.34. The number of carbonyl (C=O) groups is 1. The molecule has 0 amide bonds. The van der Waals surface area contributed by atoms with Crippen molar-refractivity contribution in [2.24, 2.45) is 11.5 Å². The van der Waals surface area contributed by atoms with Gasteiger partial charge in [0, 0.05) is 0 Å². The Morgan fingerprint density at radius 3 is 1.64 bits per heavy atom. The van der Waals surface area contributed by atoms with Crippen LogP contribution in [0.4, 0.5) is 0 Å². The van der Waals surface area contributed by atoms with Gasteiger partial charge in [0.15, 0.2) is 5.96 Å². The Labute approximate surface area is 65.0 Å². The van der Waals surface area contributed by atoms with Crippen LogP contribution in [-0.4, -0.2) is 11.9 Å². The van der Waals surface area contributed by atoms with Gasteiger partial charge in [-0.3, -0.25) is 5.41 Å². The van der Waals surface area contributed by atoms with Gasteiger partial charge in [0.05, 0.1) is 5.97 Å². The van der Waals surface area contributed by atoms with Crippen molar-refractivity contribution in [2.75, 3.05) is 0 Å². The third-order valence-electron chi connectivity index (χ3n) is 0.348. The SMILES string of the molecule is C=C(C)C(=O)[O-].N=C(N)N.[NH4+]. The summed E-state index contributed by atoms with van der Waals surface area (Å²) in [6.07, 6.45) is 0. The number of carboxylic acids is 1. The fourth-order valence-corrected chi connectivity index (χ4v) is 0. The molecule has 0 fully saturated rings. The van der Waals surface area contributed by atoms with Crippen LogP contribution in [0.5, 0.6) is 0 Å². The molecule has 6 nitrogen and oxygen atoms in total. The Morgan fingerprint density at radius 2 is 1.64 bits per heavy atom. The molecule has 0 atom stereocenters. The van der Waals surface area contributed by atoms with Gasteiger partial charge < -0.3 is 27.5 Å². The van der Waals surface area contributed by atoms with Crippen LogP contribution >= 0.6 is 0 Å². The molecule has 0 aromatic carbocycles. The van der Waals surface area contributed by atoms with Crippen molar-refractivity contribution in [1.82, 2.24) is 6.15 Å². The highest BCUT2D eigenvalue weighted by Gasteiger charge is 1.76. The van der Waals surface area contributed by atoms with E-state index in [9.17, 15) is 9.90 Å². The standard InChI is InChI=1S/C4H6O2.CH5N3.H3N/c1-3(2)4(5)6;2-1(3)4;/h1H2,2H3,(H,5,6);(H5,2,3,4);1H3. The third-order valence-corrected chi connectivity index (χ3v) is 0.348. The second kappa shape index (κ2) is 8.44. The van der Waals surface area contributed by atoms with Crippen molar-refractivity contribution in [3.05, 3.63) is 12.2 Å². The average molecular weight is 162 g/mol. The largest absolute Gasteiger partial charge is 0.545 e. The smallest absolute Gasteiger partial charge is 0.183 e. The molecule has 66 valence electrons. The highest BCUT2D eigenvalue weighted by molar-refractivity contribution is 5.82. The van der Waals surface area contributed by atoms with E-state index in [4.69, 9.17) is 5.41 Å². The summed E-state index contributed by atoms with van der Waals surface area (Å²) >= 11 is 0. The van der Waals surface area contributed by atoms with E-state index >= 15 is 0 Å². The molecule has 0 saturated carbocycles. The number of aliphatic carboxylic acids is 1. The fourth-order valence-electron chi connectivity index (χ4n) is 0. The first-order valence-electron chi connectivity index (χ1n) is 2.34. The molecular weight excluding hydrogens is 148 g/mol. The van der Waals surface area contributed by atoms with Gasteiger partial charge in [-0.05, 0) is 12.5 Å². The topological polar surface area (TPSA) is 153 Å². The Kier molecular flexibility index (Phi) is 12.4. The maximum Gasteiger partial charge on any atom is 0.183 e. The Balaban J connectivity index is -0.000000114.